The maximum Gasteiger partial charge on any atom is 0.287 e. The topological polar surface area (TPSA) is 90.4 Å². The largest absolute Gasteiger partial charge is 0.370 e. The molecule has 1 aliphatic carbocycles. The number of hydrogen-bond acceptors (Lipinski definition) is 5. The summed E-state index contributed by atoms with van der Waals surface area (Å²) in [6.07, 6.45) is 3.76. The fraction of sp³-hybridized carbons (Fsp3) is 0.556. The molecule has 1 saturated carbocycles. The van der Waals surface area contributed by atoms with E-state index in [0.717, 1.165) is 12.8 Å². The molecule has 3 N–H and O–H groups in total. The number of aromatic nitrogens is 1. The molecule has 1 heterocycles. The van der Waals surface area contributed by atoms with E-state index in [2.05, 4.69) is 5.16 Å². The molecule has 1 aromatic rings. The van der Waals surface area contributed by atoms with Gasteiger partial charge in [0.2, 0.25) is 0 Å². The van der Waals surface area contributed by atoms with Crippen molar-refractivity contribution in [2.45, 2.75) is 32.0 Å². The van der Waals surface area contributed by atoms with E-state index in [-0.39, 0.29) is 5.69 Å². The van der Waals surface area contributed by atoms with Gasteiger partial charge in [-0.25, -0.2) is 5.84 Å². The van der Waals surface area contributed by atoms with Gasteiger partial charge in [-0.05, 0) is 19.3 Å². The van der Waals surface area contributed by atoms with Crippen molar-refractivity contribution in [3.8, 4) is 0 Å². The summed E-state index contributed by atoms with van der Waals surface area (Å²) in [6, 6.07) is 1.53. The Morgan fingerprint density at radius 3 is 3.13 bits per heavy atom. The monoisotopic (exact) mass is 211 g/mol. The third-order valence-electron chi connectivity index (χ3n) is 2.44. The maximum absolute atomic E-state index is 11.0. The number of carbonyl (C=O) groups is 1. The highest BCUT2D eigenvalue weighted by molar-refractivity contribution is 5.91. The Labute approximate surface area is 86.7 Å². The Kier molecular flexibility index (Phi) is 2.98. The quantitative estimate of drug-likeness (QED) is 0.426. The van der Waals surface area contributed by atoms with E-state index < -0.39 is 5.91 Å². The molecule has 0 saturated heterocycles. The molecular formula is C9H13N3O3. The number of nitrogens with zero attached hydrogens (tertiary/aromatic N) is 1. The summed E-state index contributed by atoms with van der Waals surface area (Å²) in [5.74, 6) is 5.03. The molecule has 0 atom stereocenters. The van der Waals surface area contributed by atoms with Gasteiger partial charge >= 0.3 is 0 Å². The Morgan fingerprint density at radius 1 is 1.73 bits per heavy atom. The van der Waals surface area contributed by atoms with Gasteiger partial charge in [-0.1, -0.05) is 5.16 Å². The van der Waals surface area contributed by atoms with Crippen LogP contribution in [-0.2, 0) is 11.3 Å². The van der Waals surface area contributed by atoms with E-state index in [1.807, 2.05) is 5.43 Å². The van der Waals surface area contributed by atoms with Crippen LogP contribution in [0.3, 0.4) is 0 Å². The molecule has 0 unspecified atom stereocenters. The first-order chi connectivity index (χ1) is 7.29. The van der Waals surface area contributed by atoms with Crippen LogP contribution in [0.15, 0.2) is 10.6 Å². The summed E-state index contributed by atoms with van der Waals surface area (Å²) in [4.78, 5) is 11.0. The summed E-state index contributed by atoms with van der Waals surface area (Å²) in [7, 11) is 0. The number of nitrogens with one attached hydrogen (secondary N) is 1. The molecule has 0 aliphatic heterocycles. The van der Waals surface area contributed by atoms with Crippen molar-refractivity contribution in [3.05, 3.63) is 17.5 Å². The van der Waals surface area contributed by atoms with Crippen LogP contribution < -0.4 is 11.3 Å². The maximum atomic E-state index is 11.0. The van der Waals surface area contributed by atoms with Crippen molar-refractivity contribution in [2.24, 2.45) is 5.84 Å². The zero-order valence-corrected chi connectivity index (χ0v) is 8.23. The van der Waals surface area contributed by atoms with Crippen molar-refractivity contribution < 1.29 is 14.1 Å². The van der Waals surface area contributed by atoms with Gasteiger partial charge < -0.3 is 9.26 Å². The molecule has 82 valence electrons. The van der Waals surface area contributed by atoms with Gasteiger partial charge in [0.25, 0.3) is 5.91 Å². The number of hydrogen-bond donors (Lipinski definition) is 2. The zero-order valence-electron chi connectivity index (χ0n) is 8.23. The van der Waals surface area contributed by atoms with Crippen molar-refractivity contribution in [3.63, 3.8) is 0 Å². The number of hydrazine groups is 1. The molecule has 0 bridgehead atoms. The number of rotatable bonds is 4. The van der Waals surface area contributed by atoms with Crippen molar-refractivity contribution in [2.75, 3.05) is 0 Å². The van der Waals surface area contributed by atoms with Crippen LogP contribution >= 0.6 is 0 Å². The minimum Gasteiger partial charge on any atom is -0.370 e. The summed E-state index contributed by atoms with van der Waals surface area (Å²) >= 11 is 0. The first-order valence-corrected chi connectivity index (χ1v) is 4.87. The third kappa shape index (κ3) is 2.34. The van der Waals surface area contributed by atoms with Crippen LogP contribution in [0.5, 0.6) is 0 Å². The summed E-state index contributed by atoms with van der Waals surface area (Å²) in [5.41, 5.74) is 2.15. The predicted octanol–water partition coefficient (Wildman–Crippen LogP) is 0.347. The van der Waals surface area contributed by atoms with Crippen LogP contribution in [0.4, 0.5) is 0 Å². The van der Waals surface area contributed by atoms with Gasteiger partial charge in [-0.3, -0.25) is 10.2 Å². The van der Waals surface area contributed by atoms with Crippen LogP contribution in [0, 0.1) is 0 Å². The normalized spacial score (nSPS) is 16.1. The summed E-state index contributed by atoms with van der Waals surface area (Å²) in [5, 5.41) is 3.56. The lowest BCUT2D eigenvalue weighted by atomic mass is 9.96. The fourth-order valence-electron chi connectivity index (χ4n) is 1.30. The van der Waals surface area contributed by atoms with Crippen LogP contribution in [0.1, 0.15) is 35.5 Å². The van der Waals surface area contributed by atoms with Gasteiger partial charge in [-0.15, -0.1) is 0 Å². The lowest BCUT2D eigenvalue weighted by Crippen LogP contribution is -2.30. The van der Waals surface area contributed by atoms with Crippen molar-refractivity contribution in [1.82, 2.24) is 10.6 Å². The van der Waals surface area contributed by atoms with Crippen LogP contribution in [0.25, 0.3) is 0 Å². The predicted molar refractivity (Wildman–Crippen MR) is 50.6 cm³/mol. The standard InChI is InChI=1S/C9H13N3O3/c10-11-9(13)8-4-7(15-12-8)5-14-6-2-1-3-6/h4,6H,1-3,5,10H2,(H,11,13). The highest BCUT2D eigenvalue weighted by Crippen LogP contribution is 2.23. The summed E-state index contributed by atoms with van der Waals surface area (Å²) < 4.78 is 10.4. The third-order valence-corrected chi connectivity index (χ3v) is 2.44. The van der Waals surface area contributed by atoms with E-state index in [4.69, 9.17) is 15.1 Å². The second-order valence-electron chi connectivity index (χ2n) is 3.52. The summed E-state index contributed by atoms with van der Waals surface area (Å²) in [6.45, 7) is 0.357. The van der Waals surface area contributed by atoms with Crippen molar-refractivity contribution in [1.29, 1.82) is 0 Å². The molecule has 1 aliphatic rings. The number of nitrogens with two attached hydrogens (primary N) is 1. The molecule has 0 radical (unpaired) electrons. The molecule has 2 rings (SSSR count). The Balaban J connectivity index is 1.86. The van der Waals surface area contributed by atoms with Crippen molar-refractivity contribution >= 4 is 5.91 Å². The first kappa shape index (κ1) is 10.1. The Morgan fingerprint density at radius 2 is 2.53 bits per heavy atom. The lowest BCUT2D eigenvalue weighted by Gasteiger charge is -2.24. The van der Waals surface area contributed by atoms with E-state index in [9.17, 15) is 4.79 Å². The zero-order chi connectivity index (χ0) is 10.7. The van der Waals surface area contributed by atoms with Gasteiger partial charge in [-0.2, -0.15) is 0 Å². The fourth-order valence-corrected chi connectivity index (χ4v) is 1.30. The average Bonchev–Trinajstić information content (AvgIpc) is 2.63. The second-order valence-corrected chi connectivity index (χ2v) is 3.52. The minimum absolute atomic E-state index is 0.171. The van der Waals surface area contributed by atoms with Gasteiger partial charge in [0.05, 0.1) is 6.10 Å². The molecule has 15 heavy (non-hydrogen) atoms. The molecule has 6 nitrogen and oxygen atoms in total. The highest BCUT2D eigenvalue weighted by Gasteiger charge is 2.19. The molecular weight excluding hydrogens is 198 g/mol. The second kappa shape index (κ2) is 4.41. The average molecular weight is 211 g/mol. The Bertz CT molecular complexity index is 346. The van der Waals surface area contributed by atoms with Gasteiger partial charge in [0.15, 0.2) is 11.5 Å². The molecule has 6 heteroatoms. The molecule has 0 spiro atoms. The van der Waals surface area contributed by atoms with E-state index in [1.54, 1.807) is 0 Å². The highest BCUT2D eigenvalue weighted by atomic mass is 16.5. The lowest BCUT2D eigenvalue weighted by molar-refractivity contribution is -0.0174. The van der Waals surface area contributed by atoms with E-state index in [0.29, 0.717) is 18.5 Å². The van der Waals surface area contributed by atoms with E-state index >= 15 is 0 Å². The van der Waals surface area contributed by atoms with Gasteiger partial charge in [0.1, 0.15) is 6.61 Å². The van der Waals surface area contributed by atoms with E-state index in [1.165, 1.54) is 12.5 Å². The molecule has 1 fully saturated rings. The molecule has 1 amide bonds. The first-order valence-electron chi connectivity index (χ1n) is 4.87. The molecule has 0 aromatic carbocycles. The number of ether oxygens (including phenoxy) is 1. The van der Waals surface area contributed by atoms with Gasteiger partial charge in [0, 0.05) is 6.07 Å². The smallest absolute Gasteiger partial charge is 0.287 e. The van der Waals surface area contributed by atoms with Crippen LogP contribution in [0.2, 0.25) is 0 Å². The number of amides is 1. The Hall–Kier alpha value is -1.40. The SMILES string of the molecule is NNC(=O)c1cc(COC2CCC2)on1. The number of nitrogen functional groups attached to an aromatic ring is 1. The molecule has 1 aromatic heterocycles. The number of carbonyl (C=O) groups excluding carboxylic acids is 1. The van der Waals surface area contributed by atoms with Crippen LogP contribution in [-0.4, -0.2) is 17.2 Å². The minimum atomic E-state index is -0.464.